The minimum Gasteiger partial charge on any atom is -0.452 e. The van der Waals surface area contributed by atoms with E-state index in [0.717, 1.165) is 17.0 Å². The number of aromatic nitrogens is 2. The Morgan fingerprint density at radius 1 is 1.19 bits per heavy atom. The molecule has 0 aliphatic rings. The van der Waals surface area contributed by atoms with Crippen molar-refractivity contribution in [3.8, 4) is 16.3 Å². The van der Waals surface area contributed by atoms with Crippen LogP contribution in [0.2, 0.25) is 0 Å². The molecule has 1 aromatic carbocycles. The van der Waals surface area contributed by atoms with Crippen LogP contribution in [0.4, 0.5) is 0 Å². The first-order valence-corrected chi connectivity index (χ1v) is 9.19. The second-order valence-electron chi connectivity index (χ2n) is 5.57. The molecule has 3 rings (SSSR count). The first kappa shape index (κ1) is 17.9. The fourth-order valence-corrected chi connectivity index (χ4v) is 3.08. The van der Waals surface area contributed by atoms with Gasteiger partial charge in [-0.2, -0.15) is 5.10 Å². The van der Waals surface area contributed by atoms with Crippen molar-refractivity contribution >= 4 is 23.2 Å². The minimum atomic E-state index is -0.567. The standard InChI is InChI=1S/C19H19N3O3S/c1-2-10-20-17(23)13-25-19(24)15-12-22(14-7-4-3-5-8-14)21-18(15)16-9-6-11-26-16/h3-9,11-12H,2,10,13H2,1H3,(H,20,23). The number of nitrogens with one attached hydrogen (secondary N) is 1. The van der Waals surface area contributed by atoms with E-state index < -0.39 is 5.97 Å². The van der Waals surface area contributed by atoms with E-state index in [1.54, 1.807) is 10.9 Å². The van der Waals surface area contributed by atoms with Gasteiger partial charge >= 0.3 is 5.97 Å². The molecule has 0 spiro atoms. The molecule has 0 radical (unpaired) electrons. The van der Waals surface area contributed by atoms with E-state index in [-0.39, 0.29) is 12.5 Å². The van der Waals surface area contributed by atoms with Gasteiger partial charge in [0.1, 0.15) is 11.3 Å². The quantitative estimate of drug-likeness (QED) is 0.649. The molecule has 134 valence electrons. The summed E-state index contributed by atoms with van der Waals surface area (Å²) in [6.45, 7) is 2.21. The fourth-order valence-electron chi connectivity index (χ4n) is 2.36. The van der Waals surface area contributed by atoms with E-state index in [9.17, 15) is 9.59 Å². The zero-order valence-electron chi connectivity index (χ0n) is 14.3. The zero-order chi connectivity index (χ0) is 18.4. The molecule has 0 saturated carbocycles. The second-order valence-corrected chi connectivity index (χ2v) is 6.52. The van der Waals surface area contributed by atoms with E-state index in [1.807, 2.05) is 54.8 Å². The number of benzene rings is 1. The van der Waals surface area contributed by atoms with E-state index >= 15 is 0 Å². The van der Waals surface area contributed by atoms with Crippen LogP contribution in [0.25, 0.3) is 16.3 Å². The molecule has 0 aliphatic heterocycles. The Morgan fingerprint density at radius 2 is 2.00 bits per heavy atom. The van der Waals surface area contributed by atoms with Crippen LogP contribution in [-0.2, 0) is 9.53 Å². The lowest BCUT2D eigenvalue weighted by atomic mass is 10.2. The van der Waals surface area contributed by atoms with Gasteiger partial charge in [-0.05, 0) is 30.0 Å². The Kier molecular flexibility index (Phi) is 5.80. The number of carbonyl (C=O) groups excluding carboxylic acids is 2. The van der Waals surface area contributed by atoms with Gasteiger partial charge in [-0.15, -0.1) is 11.3 Å². The molecule has 1 N–H and O–H groups in total. The Bertz CT molecular complexity index is 873. The van der Waals surface area contributed by atoms with Crippen LogP contribution in [0.5, 0.6) is 0 Å². The summed E-state index contributed by atoms with van der Waals surface area (Å²) < 4.78 is 6.82. The van der Waals surface area contributed by atoms with Gasteiger partial charge in [-0.25, -0.2) is 9.48 Å². The molecule has 7 heteroatoms. The van der Waals surface area contributed by atoms with Crippen molar-refractivity contribution in [2.45, 2.75) is 13.3 Å². The number of ether oxygens (including phenoxy) is 1. The Labute approximate surface area is 155 Å². The van der Waals surface area contributed by atoms with Crippen LogP contribution in [-0.4, -0.2) is 34.8 Å². The van der Waals surface area contributed by atoms with Crippen LogP contribution < -0.4 is 5.32 Å². The molecule has 0 fully saturated rings. The highest BCUT2D eigenvalue weighted by atomic mass is 32.1. The largest absolute Gasteiger partial charge is 0.452 e. The third-order valence-corrected chi connectivity index (χ3v) is 4.49. The molecule has 1 amide bonds. The summed E-state index contributed by atoms with van der Waals surface area (Å²) in [6.07, 6.45) is 2.46. The number of para-hydroxylation sites is 1. The van der Waals surface area contributed by atoms with Crippen LogP contribution in [0.3, 0.4) is 0 Å². The first-order valence-electron chi connectivity index (χ1n) is 8.32. The number of esters is 1. The number of carbonyl (C=O) groups is 2. The number of hydrogen-bond acceptors (Lipinski definition) is 5. The van der Waals surface area contributed by atoms with Crippen LogP contribution in [0.15, 0.2) is 54.0 Å². The molecule has 2 heterocycles. The maximum Gasteiger partial charge on any atom is 0.342 e. The van der Waals surface area contributed by atoms with Gasteiger partial charge < -0.3 is 10.1 Å². The highest BCUT2D eigenvalue weighted by Gasteiger charge is 2.21. The van der Waals surface area contributed by atoms with Gasteiger partial charge in [0.15, 0.2) is 6.61 Å². The van der Waals surface area contributed by atoms with Crippen molar-refractivity contribution in [1.29, 1.82) is 0 Å². The van der Waals surface area contributed by atoms with E-state index in [4.69, 9.17) is 4.74 Å². The molecular formula is C19H19N3O3S. The average Bonchev–Trinajstić information content (AvgIpc) is 3.34. The highest BCUT2D eigenvalue weighted by molar-refractivity contribution is 7.13. The van der Waals surface area contributed by atoms with E-state index in [2.05, 4.69) is 10.4 Å². The summed E-state index contributed by atoms with van der Waals surface area (Å²) in [5.41, 5.74) is 1.72. The molecule has 6 nitrogen and oxygen atoms in total. The predicted molar refractivity (Wildman–Crippen MR) is 100 cm³/mol. The van der Waals surface area contributed by atoms with Crippen LogP contribution in [0.1, 0.15) is 23.7 Å². The summed E-state index contributed by atoms with van der Waals surface area (Å²) >= 11 is 1.49. The monoisotopic (exact) mass is 369 g/mol. The van der Waals surface area contributed by atoms with Gasteiger partial charge in [-0.1, -0.05) is 31.2 Å². The third-order valence-electron chi connectivity index (χ3n) is 3.62. The molecule has 0 aliphatic carbocycles. The maximum absolute atomic E-state index is 12.5. The van der Waals surface area contributed by atoms with Crippen LogP contribution in [0, 0.1) is 0 Å². The van der Waals surface area contributed by atoms with Crippen LogP contribution >= 0.6 is 11.3 Å². The Morgan fingerprint density at radius 3 is 2.69 bits per heavy atom. The normalized spacial score (nSPS) is 10.5. The van der Waals surface area contributed by atoms with Crippen molar-refractivity contribution in [2.24, 2.45) is 0 Å². The molecule has 0 saturated heterocycles. The van der Waals surface area contributed by atoms with Gasteiger partial charge in [0, 0.05) is 12.7 Å². The fraction of sp³-hybridized carbons (Fsp3) is 0.211. The lowest BCUT2D eigenvalue weighted by Gasteiger charge is -2.05. The highest BCUT2D eigenvalue weighted by Crippen LogP contribution is 2.28. The van der Waals surface area contributed by atoms with Gasteiger partial charge in [0.2, 0.25) is 0 Å². The van der Waals surface area contributed by atoms with Crippen molar-refractivity contribution in [3.63, 3.8) is 0 Å². The number of amides is 1. The SMILES string of the molecule is CCCNC(=O)COC(=O)c1cn(-c2ccccc2)nc1-c1cccs1. The molecule has 26 heavy (non-hydrogen) atoms. The van der Waals surface area contributed by atoms with E-state index in [0.29, 0.717) is 17.8 Å². The molecule has 0 bridgehead atoms. The third kappa shape index (κ3) is 4.18. The topological polar surface area (TPSA) is 73.2 Å². The lowest BCUT2D eigenvalue weighted by molar-refractivity contribution is -0.124. The van der Waals surface area contributed by atoms with Gasteiger partial charge in [0.25, 0.3) is 5.91 Å². The Hall–Kier alpha value is -2.93. The smallest absolute Gasteiger partial charge is 0.342 e. The van der Waals surface area contributed by atoms with Crippen molar-refractivity contribution in [1.82, 2.24) is 15.1 Å². The maximum atomic E-state index is 12.5. The molecule has 2 aromatic heterocycles. The molecule has 3 aromatic rings. The number of rotatable bonds is 7. The molecular weight excluding hydrogens is 350 g/mol. The van der Waals surface area contributed by atoms with Gasteiger partial charge in [-0.3, -0.25) is 4.79 Å². The van der Waals surface area contributed by atoms with Crippen molar-refractivity contribution in [2.75, 3.05) is 13.2 Å². The Balaban J connectivity index is 1.84. The van der Waals surface area contributed by atoms with Gasteiger partial charge in [0.05, 0.1) is 10.6 Å². The zero-order valence-corrected chi connectivity index (χ0v) is 15.2. The lowest BCUT2D eigenvalue weighted by Crippen LogP contribution is -2.29. The number of thiophene rings is 1. The summed E-state index contributed by atoms with van der Waals surface area (Å²) in [5, 5.41) is 9.14. The summed E-state index contributed by atoms with van der Waals surface area (Å²) in [7, 11) is 0. The van der Waals surface area contributed by atoms with E-state index in [1.165, 1.54) is 11.3 Å². The average molecular weight is 369 g/mol. The number of hydrogen-bond donors (Lipinski definition) is 1. The number of nitrogens with zero attached hydrogens (tertiary/aromatic N) is 2. The summed E-state index contributed by atoms with van der Waals surface area (Å²) in [4.78, 5) is 25.1. The first-order chi connectivity index (χ1) is 12.7. The summed E-state index contributed by atoms with van der Waals surface area (Å²) in [5.74, 6) is -0.879. The van der Waals surface area contributed by atoms with Crippen molar-refractivity contribution in [3.05, 3.63) is 59.6 Å². The second kappa shape index (κ2) is 8.44. The van der Waals surface area contributed by atoms with Crippen molar-refractivity contribution < 1.29 is 14.3 Å². The minimum absolute atomic E-state index is 0.306. The molecule has 0 unspecified atom stereocenters. The molecule has 0 atom stereocenters. The predicted octanol–water partition coefficient (Wildman–Crippen LogP) is 3.28. The summed E-state index contributed by atoms with van der Waals surface area (Å²) in [6, 6.07) is 13.3.